The van der Waals surface area contributed by atoms with Crippen LogP contribution in [-0.4, -0.2) is 86.2 Å². The molecule has 3 atom stereocenters. The first-order valence-electron chi connectivity index (χ1n) is 6.02. The van der Waals surface area contributed by atoms with Crippen LogP contribution in [0.2, 0.25) is 0 Å². The van der Waals surface area contributed by atoms with Crippen LogP contribution in [0.1, 0.15) is 19.2 Å². The zero-order valence-electron chi connectivity index (χ0n) is 11.8. The van der Waals surface area contributed by atoms with Crippen LogP contribution in [0.4, 0.5) is 0 Å². The maximum atomic E-state index is 12.5. The number of carbonyl (C=O) groups is 2. The monoisotopic (exact) mass is 336 g/mol. The van der Waals surface area contributed by atoms with Crippen LogP contribution in [0.5, 0.6) is 0 Å². The van der Waals surface area contributed by atoms with E-state index in [1.54, 1.807) is 0 Å². The molecule has 3 heterocycles. The fourth-order valence-electron chi connectivity index (χ4n) is 2.74. The fourth-order valence-corrected chi connectivity index (χ4v) is 5.01. The number of hydrogen-bond donors (Lipinski definition) is 1. The van der Waals surface area contributed by atoms with E-state index in [0.717, 1.165) is 11.3 Å². The van der Waals surface area contributed by atoms with Gasteiger partial charge in [0.15, 0.2) is 21.7 Å². The summed E-state index contributed by atoms with van der Waals surface area (Å²) in [7, 11) is -3.86. The second-order valence-corrected chi connectivity index (χ2v) is 7.57. The van der Waals surface area contributed by atoms with E-state index in [1.807, 2.05) is 0 Å². The molecule has 9 nitrogen and oxygen atoms in total. The normalized spacial score (nSPS) is 32.4. The summed E-state index contributed by atoms with van der Waals surface area (Å²) in [6, 6.07) is -1.46. The Hall–Kier alpha value is -1.23. The Bertz CT molecular complexity index is 746. The number of fused-ring (bicyclic) bond motifs is 1. The summed E-state index contributed by atoms with van der Waals surface area (Å²) in [4.78, 5) is 27.7. The first-order valence-corrected chi connectivity index (χ1v) is 7.56. The van der Waals surface area contributed by atoms with Crippen molar-refractivity contribution in [1.29, 1.82) is 0 Å². The van der Waals surface area contributed by atoms with Gasteiger partial charge in [0.2, 0.25) is 12.3 Å². The fraction of sp³-hybridized carbons (Fsp3) is 0.455. The predicted molar refractivity (Wildman–Crippen MR) is 73.1 cm³/mol. The minimum atomic E-state index is -3.86. The van der Waals surface area contributed by atoms with Crippen molar-refractivity contribution in [3.05, 3.63) is 18.3 Å². The number of aromatic nitrogens is 2. The number of β-lactam (4-membered cyclic amide) rings is 1. The smallest absolute Gasteiger partial charge is 0.328 e. The van der Waals surface area contributed by atoms with Gasteiger partial charge in [-0.2, -0.15) is 4.98 Å². The summed E-state index contributed by atoms with van der Waals surface area (Å²) >= 11 is 0. The van der Waals surface area contributed by atoms with E-state index in [0.29, 0.717) is 0 Å². The number of aliphatic carboxylic acids is 1. The van der Waals surface area contributed by atoms with Crippen molar-refractivity contribution in [3.63, 3.8) is 0 Å². The molecule has 1 amide bonds. The maximum Gasteiger partial charge on any atom is 0.328 e. The van der Waals surface area contributed by atoms with Gasteiger partial charge in [0.1, 0.15) is 10.1 Å². The van der Waals surface area contributed by atoms with Crippen molar-refractivity contribution in [1.82, 2.24) is 15.0 Å². The average molecular weight is 336 g/mol. The molecule has 1 radical (unpaired) electrons. The molecule has 2 aliphatic rings. The molecule has 1 aromatic rings. The topological polar surface area (TPSA) is 131 Å². The van der Waals surface area contributed by atoms with Gasteiger partial charge < -0.3 is 14.5 Å². The van der Waals surface area contributed by atoms with Crippen molar-refractivity contribution in [2.75, 3.05) is 0 Å². The summed E-state index contributed by atoms with van der Waals surface area (Å²) in [6.07, 6.45) is 3.36. The number of hydrogen-bond acceptors (Lipinski definition) is 7. The molecule has 2 aliphatic heterocycles. The third kappa shape index (κ3) is 2.13. The number of carboxylic acid groups (broad SMARTS) is 1. The summed E-state index contributed by atoms with van der Waals surface area (Å²) < 4.78 is 27.8. The van der Waals surface area contributed by atoms with E-state index < -0.39 is 37.9 Å². The maximum absolute atomic E-state index is 12.5. The average Bonchev–Trinajstić information content (AvgIpc) is 2.95. The number of carboxylic acids is 1. The van der Waals surface area contributed by atoms with E-state index in [-0.39, 0.29) is 41.8 Å². The van der Waals surface area contributed by atoms with Crippen LogP contribution in [0.15, 0.2) is 17.0 Å². The Morgan fingerprint density at radius 2 is 2.27 bits per heavy atom. The first-order chi connectivity index (χ1) is 9.79. The molecular formula is C11H11N3NaO6S. The van der Waals surface area contributed by atoms with Crippen LogP contribution in [0, 0.1) is 0 Å². The molecule has 0 unspecified atom stereocenters. The van der Waals surface area contributed by atoms with Gasteiger partial charge in [0.05, 0.1) is 6.42 Å². The van der Waals surface area contributed by atoms with E-state index in [9.17, 15) is 23.1 Å². The molecular weight excluding hydrogens is 325 g/mol. The van der Waals surface area contributed by atoms with Crippen molar-refractivity contribution < 1.29 is 27.6 Å². The molecule has 0 saturated carbocycles. The SMILES string of the molecule is C[C@]1(/C=C/c2ncon2)[C@H](C(=O)O)N2C(=O)C[C@H]2S1(=O)=O.[Na]. The van der Waals surface area contributed by atoms with Gasteiger partial charge in [0.25, 0.3) is 0 Å². The second-order valence-electron chi connectivity index (χ2n) is 5.05. The van der Waals surface area contributed by atoms with Crippen LogP contribution in [0.3, 0.4) is 0 Å². The standard InChI is InChI=1S/C11H11N3O6S.Na/c1-11(3-2-6-12-5-20-13-6)9(10(16)17)14-7(15)4-8(14)21(11,18)19;/h2-3,5,8-9H,4H2,1H3,(H,16,17);/b3-2+;/t8-,9+,11+;/m1./s1. The minimum absolute atomic E-state index is 0. The molecule has 1 N–H and O–H groups in total. The Labute approximate surface area is 147 Å². The summed E-state index contributed by atoms with van der Waals surface area (Å²) in [5.41, 5.74) is 0. The summed E-state index contributed by atoms with van der Waals surface area (Å²) in [5.74, 6) is -1.72. The minimum Gasteiger partial charge on any atom is -0.480 e. The molecule has 0 aromatic carbocycles. The van der Waals surface area contributed by atoms with Crippen molar-refractivity contribution in [2.24, 2.45) is 0 Å². The first kappa shape index (κ1) is 17.1. The number of amides is 1. The molecule has 0 bridgehead atoms. The van der Waals surface area contributed by atoms with Gasteiger partial charge in [-0.1, -0.05) is 11.2 Å². The van der Waals surface area contributed by atoms with Gasteiger partial charge in [-0.05, 0) is 13.0 Å². The third-order valence-electron chi connectivity index (χ3n) is 3.92. The van der Waals surface area contributed by atoms with Crippen LogP contribution >= 0.6 is 0 Å². The quantitative estimate of drug-likeness (QED) is 0.544. The molecule has 3 rings (SSSR count). The van der Waals surface area contributed by atoms with E-state index >= 15 is 0 Å². The van der Waals surface area contributed by atoms with Gasteiger partial charge >= 0.3 is 5.97 Å². The van der Waals surface area contributed by atoms with Gasteiger partial charge in [-0.15, -0.1) is 0 Å². The van der Waals surface area contributed by atoms with E-state index in [4.69, 9.17) is 0 Å². The second kappa shape index (κ2) is 5.44. The molecule has 2 saturated heterocycles. The Kier molecular flexibility index (Phi) is 4.24. The van der Waals surface area contributed by atoms with Gasteiger partial charge in [-0.25, -0.2) is 13.2 Å². The van der Waals surface area contributed by atoms with Crippen molar-refractivity contribution >= 4 is 57.3 Å². The Morgan fingerprint density at radius 1 is 1.59 bits per heavy atom. The zero-order chi connectivity index (χ0) is 15.4. The van der Waals surface area contributed by atoms with E-state index in [2.05, 4.69) is 14.7 Å². The van der Waals surface area contributed by atoms with Crippen molar-refractivity contribution in [2.45, 2.75) is 29.5 Å². The Balaban J connectivity index is 0.00000176. The largest absolute Gasteiger partial charge is 0.480 e. The van der Waals surface area contributed by atoms with Gasteiger partial charge in [-0.3, -0.25) is 4.79 Å². The molecule has 11 heteroatoms. The molecule has 0 aliphatic carbocycles. The molecule has 2 fully saturated rings. The molecule has 113 valence electrons. The van der Waals surface area contributed by atoms with Crippen LogP contribution in [0.25, 0.3) is 6.08 Å². The number of carbonyl (C=O) groups excluding carboxylic acids is 1. The predicted octanol–water partition coefficient (Wildman–Crippen LogP) is -1.10. The Morgan fingerprint density at radius 3 is 2.77 bits per heavy atom. The van der Waals surface area contributed by atoms with Crippen LogP contribution in [-0.2, 0) is 19.4 Å². The number of rotatable bonds is 3. The number of sulfone groups is 1. The van der Waals surface area contributed by atoms with E-state index in [1.165, 1.54) is 19.1 Å². The van der Waals surface area contributed by atoms with Gasteiger partial charge in [0, 0.05) is 29.6 Å². The molecule has 22 heavy (non-hydrogen) atoms. The molecule has 0 spiro atoms. The molecule has 1 aromatic heterocycles. The zero-order valence-corrected chi connectivity index (χ0v) is 14.6. The summed E-state index contributed by atoms with van der Waals surface area (Å²) in [5, 5.41) is 11.8. The van der Waals surface area contributed by atoms with Crippen molar-refractivity contribution in [3.8, 4) is 0 Å². The van der Waals surface area contributed by atoms with Crippen LogP contribution < -0.4 is 0 Å². The summed E-state index contributed by atoms with van der Waals surface area (Å²) in [6.45, 7) is 1.28. The third-order valence-corrected chi connectivity index (χ3v) is 6.61. The number of nitrogens with zero attached hydrogens (tertiary/aromatic N) is 3.